The molecule has 1 amide bonds. The molecule has 1 N–H and O–H groups in total. The van der Waals surface area contributed by atoms with Crippen molar-refractivity contribution in [1.82, 2.24) is 19.7 Å². The van der Waals surface area contributed by atoms with E-state index in [0.29, 0.717) is 29.8 Å². The summed E-state index contributed by atoms with van der Waals surface area (Å²) < 4.78 is 7.65. The van der Waals surface area contributed by atoms with E-state index >= 15 is 0 Å². The van der Waals surface area contributed by atoms with Crippen molar-refractivity contribution in [3.05, 3.63) is 60.4 Å². The van der Waals surface area contributed by atoms with Crippen molar-refractivity contribution in [3.63, 3.8) is 0 Å². The summed E-state index contributed by atoms with van der Waals surface area (Å²) in [5.74, 6) is 1.48. The molecule has 3 rings (SSSR count). The summed E-state index contributed by atoms with van der Waals surface area (Å²) in [4.78, 5) is 16.3. The standard InChI is InChI=1S/C22H24ClN5O2S/c1-3-5-14-30-17-10-8-16(9-11-17)21-26-27-22(28(21)13-4-2)31-15-19(29)25-18-7-6-12-24-20(18)23/h4,6-12H,2-3,5,13-15H2,1H3,(H,25,29). The summed E-state index contributed by atoms with van der Waals surface area (Å²) in [6.07, 6.45) is 5.46. The number of carbonyl (C=O) groups excluding carboxylic acids is 1. The van der Waals surface area contributed by atoms with Crippen molar-refractivity contribution in [2.45, 2.75) is 31.5 Å². The molecule has 2 aromatic heterocycles. The molecule has 7 nitrogen and oxygen atoms in total. The van der Waals surface area contributed by atoms with Crippen LogP contribution in [-0.4, -0.2) is 38.0 Å². The SMILES string of the molecule is C=CCn1c(SCC(=O)Nc2cccnc2Cl)nnc1-c1ccc(OCCCC)cc1. The summed E-state index contributed by atoms with van der Waals surface area (Å²) in [5, 5.41) is 12.2. The van der Waals surface area contributed by atoms with Crippen LogP contribution in [0.2, 0.25) is 5.15 Å². The number of allylic oxidation sites excluding steroid dienone is 1. The van der Waals surface area contributed by atoms with Crippen LogP contribution in [-0.2, 0) is 11.3 Å². The normalized spacial score (nSPS) is 10.6. The van der Waals surface area contributed by atoms with Crippen LogP contribution in [0, 0.1) is 0 Å². The predicted octanol–water partition coefficient (Wildman–Crippen LogP) is 5.09. The average Bonchev–Trinajstić information content (AvgIpc) is 3.17. The number of aromatic nitrogens is 4. The molecule has 0 spiro atoms. The highest BCUT2D eigenvalue weighted by atomic mass is 35.5. The number of hydrogen-bond acceptors (Lipinski definition) is 6. The molecule has 162 valence electrons. The summed E-state index contributed by atoms with van der Waals surface area (Å²) in [6.45, 7) is 7.18. The Kier molecular flexibility index (Phi) is 8.49. The van der Waals surface area contributed by atoms with Crippen LogP contribution >= 0.6 is 23.4 Å². The number of halogens is 1. The van der Waals surface area contributed by atoms with Gasteiger partial charge in [-0.05, 0) is 42.8 Å². The third-order valence-electron chi connectivity index (χ3n) is 4.27. The number of amides is 1. The van der Waals surface area contributed by atoms with Gasteiger partial charge in [0.25, 0.3) is 0 Å². The number of ether oxygens (including phenoxy) is 1. The van der Waals surface area contributed by atoms with Crippen LogP contribution in [0.3, 0.4) is 0 Å². The molecule has 2 heterocycles. The zero-order chi connectivity index (χ0) is 22.1. The average molecular weight is 458 g/mol. The number of anilines is 1. The van der Waals surface area contributed by atoms with Gasteiger partial charge in [0.15, 0.2) is 16.1 Å². The van der Waals surface area contributed by atoms with E-state index in [1.54, 1.807) is 24.4 Å². The Hall–Kier alpha value is -2.84. The third kappa shape index (κ3) is 6.32. The van der Waals surface area contributed by atoms with Crippen molar-refractivity contribution in [2.75, 3.05) is 17.7 Å². The molecule has 0 saturated heterocycles. The molecule has 9 heteroatoms. The molecular formula is C22H24ClN5O2S. The van der Waals surface area contributed by atoms with E-state index in [1.165, 1.54) is 11.8 Å². The highest BCUT2D eigenvalue weighted by molar-refractivity contribution is 7.99. The maximum Gasteiger partial charge on any atom is 0.234 e. The smallest absolute Gasteiger partial charge is 0.234 e. The second-order valence-corrected chi connectivity index (χ2v) is 7.91. The first kappa shape index (κ1) is 22.8. The van der Waals surface area contributed by atoms with Crippen molar-refractivity contribution in [1.29, 1.82) is 0 Å². The highest BCUT2D eigenvalue weighted by Crippen LogP contribution is 2.26. The lowest BCUT2D eigenvalue weighted by Crippen LogP contribution is -2.15. The molecule has 31 heavy (non-hydrogen) atoms. The monoisotopic (exact) mass is 457 g/mol. The molecule has 0 aliphatic carbocycles. The van der Waals surface area contributed by atoms with Gasteiger partial charge in [0.2, 0.25) is 5.91 Å². The van der Waals surface area contributed by atoms with Gasteiger partial charge in [0, 0.05) is 18.3 Å². The largest absolute Gasteiger partial charge is 0.494 e. The van der Waals surface area contributed by atoms with Crippen LogP contribution in [0.15, 0.2) is 60.4 Å². The fraction of sp³-hybridized carbons (Fsp3) is 0.273. The minimum absolute atomic E-state index is 0.157. The lowest BCUT2D eigenvalue weighted by Gasteiger charge is -2.09. The molecule has 0 saturated carbocycles. The van der Waals surface area contributed by atoms with Gasteiger partial charge in [-0.15, -0.1) is 16.8 Å². The van der Waals surface area contributed by atoms with Gasteiger partial charge in [-0.1, -0.05) is 42.8 Å². The summed E-state index contributed by atoms with van der Waals surface area (Å²) >= 11 is 7.28. The zero-order valence-corrected chi connectivity index (χ0v) is 18.8. The quantitative estimate of drug-likeness (QED) is 0.187. The fourth-order valence-corrected chi connectivity index (χ4v) is 3.65. The van der Waals surface area contributed by atoms with Gasteiger partial charge in [0.05, 0.1) is 18.0 Å². The summed E-state index contributed by atoms with van der Waals surface area (Å²) in [7, 11) is 0. The van der Waals surface area contributed by atoms with Gasteiger partial charge in [-0.3, -0.25) is 9.36 Å². The minimum atomic E-state index is -0.205. The molecule has 0 radical (unpaired) electrons. The summed E-state index contributed by atoms with van der Waals surface area (Å²) in [5.41, 5.74) is 1.39. The lowest BCUT2D eigenvalue weighted by molar-refractivity contribution is -0.113. The van der Waals surface area contributed by atoms with Gasteiger partial charge < -0.3 is 10.1 Å². The molecule has 0 aliphatic heterocycles. The van der Waals surface area contributed by atoms with Crippen LogP contribution in [0.25, 0.3) is 11.4 Å². The van der Waals surface area contributed by atoms with Crippen molar-refractivity contribution in [2.24, 2.45) is 0 Å². The number of unbranched alkanes of at least 4 members (excludes halogenated alkanes) is 1. The first-order valence-electron chi connectivity index (χ1n) is 9.93. The lowest BCUT2D eigenvalue weighted by atomic mass is 10.2. The zero-order valence-electron chi connectivity index (χ0n) is 17.3. The maximum absolute atomic E-state index is 12.3. The number of pyridine rings is 1. The van der Waals surface area contributed by atoms with Crippen LogP contribution in [0.4, 0.5) is 5.69 Å². The molecule has 3 aromatic rings. The Balaban J connectivity index is 1.68. The molecule has 0 bridgehead atoms. The molecule has 0 unspecified atom stereocenters. The molecule has 1 aromatic carbocycles. The minimum Gasteiger partial charge on any atom is -0.494 e. The fourth-order valence-electron chi connectivity index (χ4n) is 2.73. The Labute approximate surface area is 190 Å². The number of nitrogens with one attached hydrogen (secondary N) is 1. The second-order valence-electron chi connectivity index (χ2n) is 6.61. The molecule has 0 fully saturated rings. The van der Waals surface area contributed by atoms with E-state index < -0.39 is 0 Å². The number of carbonyl (C=O) groups is 1. The van der Waals surface area contributed by atoms with Gasteiger partial charge >= 0.3 is 0 Å². The topological polar surface area (TPSA) is 81.9 Å². The molecule has 0 aliphatic rings. The number of rotatable bonds is 11. The Morgan fingerprint density at radius 3 is 2.81 bits per heavy atom. The van der Waals surface area contributed by atoms with Gasteiger partial charge in [-0.25, -0.2) is 4.98 Å². The molecule has 0 atom stereocenters. The third-order valence-corrected chi connectivity index (χ3v) is 5.54. The second kappa shape index (κ2) is 11.5. The van der Waals surface area contributed by atoms with Crippen LogP contribution in [0.1, 0.15) is 19.8 Å². The first-order valence-corrected chi connectivity index (χ1v) is 11.3. The van der Waals surface area contributed by atoms with Crippen molar-refractivity contribution >= 4 is 35.0 Å². The van der Waals surface area contributed by atoms with E-state index in [4.69, 9.17) is 16.3 Å². The van der Waals surface area contributed by atoms with Gasteiger partial charge in [-0.2, -0.15) is 0 Å². The Morgan fingerprint density at radius 1 is 1.29 bits per heavy atom. The number of thioether (sulfide) groups is 1. The van der Waals surface area contributed by atoms with Crippen LogP contribution in [0.5, 0.6) is 5.75 Å². The van der Waals surface area contributed by atoms with E-state index in [9.17, 15) is 4.79 Å². The van der Waals surface area contributed by atoms with E-state index in [1.807, 2.05) is 28.8 Å². The Morgan fingerprint density at radius 2 is 2.10 bits per heavy atom. The number of nitrogens with zero attached hydrogens (tertiary/aromatic N) is 4. The number of hydrogen-bond donors (Lipinski definition) is 1. The van der Waals surface area contributed by atoms with E-state index in [2.05, 4.69) is 34.0 Å². The van der Waals surface area contributed by atoms with Crippen molar-refractivity contribution in [3.8, 4) is 17.1 Å². The predicted molar refractivity (Wildman–Crippen MR) is 125 cm³/mol. The van der Waals surface area contributed by atoms with Crippen molar-refractivity contribution < 1.29 is 9.53 Å². The molecular weight excluding hydrogens is 434 g/mol. The first-order chi connectivity index (χ1) is 15.1. The van der Waals surface area contributed by atoms with Crippen LogP contribution < -0.4 is 10.1 Å². The summed E-state index contributed by atoms with van der Waals surface area (Å²) in [6, 6.07) is 11.2. The highest BCUT2D eigenvalue weighted by Gasteiger charge is 2.15. The van der Waals surface area contributed by atoms with E-state index in [-0.39, 0.29) is 16.8 Å². The van der Waals surface area contributed by atoms with E-state index in [0.717, 1.165) is 24.2 Å². The Bertz CT molecular complexity index is 1020. The van der Waals surface area contributed by atoms with Gasteiger partial charge in [0.1, 0.15) is 5.75 Å². The maximum atomic E-state index is 12.3. The number of benzene rings is 1.